The van der Waals surface area contributed by atoms with Gasteiger partial charge < -0.3 is 15.4 Å². The zero-order chi connectivity index (χ0) is 21.3. The van der Waals surface area contributed by atoms with Gasteiger partial charge >= 0.3 is 0 Å². The first-order valence-electron chi connectivity index (χ1n) is 10.3. The van der Waals surface area contributed by atoms with Gasteiger partial charge in [-0.2, -0.15) is 0 Å². The first-order chi connectivity index (χ1) is 13.8. The van der Waals surface area contributed by atoms with Crippen molar-refractivity contribution in [2.45, 2.75) is 58.9 Å². The molecule has 2 rings (SSSR count). The second-order valence-electron chi connectivity index (χ2n) is 8.14. The fourth-order valence-electron chi connectivity index (χ4n) is 2.81. The summed E-state index contributed by atoms with van der Waals surface area (Å²) in [5.74, 6) is 0.209. The summed E-state index contributed by atoms with van der Waals surface area (Å²) >= 11 is 0. The number of hydrogen-bond donors (Lipinski definition) is 2. The molecule has 0 aromatic heterocycles. The molecule has 2 aromatic rings. The topological polar surface area (TPSA) is 67.4 Å². The molecule has 0 heterocycles. The van der Waals surface area contributed by atoms with E-state index >= 15 is 0 Å². The molecule has 0 atom stereocenters. The lowest BCUT2D eigenvalue weighted by atomic mass is 10.1. The van der Waals surface area contributed by atoms with Gasteiger partial charge in [-0.1, -0.05) is 38.3 Å². The molecule has 2 amide bonds. The highest BCUT2D eigenvalue weighted by Gasteiger charge is 2.16. The van der Waals surface area contributed by atoms with Crippen LogP contribution in [-0.4, -0.2) is 24.0 Å². The summed E-state index contributed by atoms with van der Waals surface area (Å²) < 4.78 is 5.83. The lowest BCUT2D eigenvalue weighted by molar-refractivity contribution is 0.0919. The van der Waals surface area contributed by atoms with Crippen LogP contribution in [0, 0.1) is 0 Å². The van der Waals surface area contributed by atoms with E-state index < -0.39 is 0 Å². The Labute approximate surface area is 173 Å². The highest BCUT2D eigenvalue weighted by Crippen LogP contribution is 2.21. The predicted molar refractivity (Wildman–Crippen MR) is 118 cm³/mol. The van der Waals surface area contributed by atoms with Gasteiger partial charge in [0, 0.05) is 16.8 Å². The second-order valence-corrected chi connectivity index (χ2v) is 8.14. The average Bonchev–Trinajstić information content (AvgIpc) is 2.67. The maximum absolute atomic E-state index is 12.7. The number of anilines is 1. The molecule has 2 aromatic carbocycles. The second kappa shape index (κ2) is 10.6. The largest absolute Gasteiger partial charge is 0.493 e. The zero-order valence-electron chi connectivity index (χ0n) is 17.9. The number of carbonyl (C=O) groups excluding carboxylic acids is 2. The number of benzene rings is 2. The minimum absolute atomic E-state index is 0.141. The van der Waals surface area contributed by atoms with Crippen LogP contribution < -0.4 is 15.4 Å². The van der Waals surface area contributed by atoms with Crippen LogP contribution >= 0.6 is 0 Å². The third-order valence-corrected chi connectivity index (χ3v) is 4.28. The van der Waals surface area contributed by atoms with Crippen LogP contribution in [0.3, 0.4) is 0 Å². The molecule has 0 spiro atoms. The number of ether oxygens (including phenoxy) is 1. The normalized spacial score (nSPS) is 11.0. The van der Waals surface area contributed by atoms with Crippen LogP contribution in [0.25, 0.3) is 0 Å². The van der Waals surface area contributed by atoms with Gasteiger partial charge in [0.2, 0.25) is 0 Å². The third-order valence-electron chi connectivity index (χ3n) is 4.28. The van der Waals surface area contributed by atoms with Gasteiger partial charge in [0.25, 0.3) is 11.8 Å². The van der Waals surface area contributed by atoms with Crippen LogP contribution in [0.2, 0.25) is 0 Å². The summed E-state index contributed by atoms with van der Waals surface area (Å²) in [4.78, 5) is 24.9. The highest BCUT2D eigenvalue weighted by molar-refractivity contribution is 6.06. The number of amides is 2. The Balaban J connectivity index is 1.99. The lowest BCUT2D eigenvalue weighted by Crippen LogP contribution is -2.40. The van der Waals surface area contributed by atoms with Crippen LogP contribution in [0.4, 0.5) is 5.69 Å². The Morgan fingerprint density at radius 3 is 2.24 bits per heavy atom. The number of nitrogens with one attached hydrogen (secondary N) is 2. The Kier molecular flexibility index (Phi) is 8.25. The van der Waals surface area contributed by atoms with Crippen LogP contribution in [0.5, 0.6) is 5.75 Å². The van der Waals surface area contributed by atoms with E-state index in [-0.39, 0.29) is 17.4 Å². The Morgan fingerprint density at radius 2 is 1.59 bits per heavy atom. The van der Waals surface area contributed by atoms with E-state index in [0.29, 0.717) is 29.2 Å². The van der Waals surface area contributed by atoms with Crippen molar-refractivity contribution in [3.8, 4) is 5.75 Å². The summed E-state index contributed by atoms with van der Waals surface area (Å²) in [5, 5.41) is 5.79. The minimum atomic E-state index is -0.301. The molecule has 156 valence electrons. The number of unbranched alkanes of at least 4 members (excludes halogenated alkanes) is 3. The summed E-state index contributed by atoms with van der Waals surface area (Å²) in [6.45, 7) is 8.57. The van der Waals surface area contributed by atoms with Crippen molar-refractivity contribution in [2.24, 2.45) is 0 Å². The Morgan fingerprint density at radius 1 is 0.897 bits per heavy atom. The standard InChI is InChI=1S/C24H32N2O3/c1-5-6-7-10-17-29-21-12-9-8-11-20(21)23(28)25-19-15-13-18(14-16-19)22(27)26-24(2,3)4/h8-9,11-16H,5-7,10,17H2,1-4H3,(H,25,28)(H,26,27). The van der Waals surface area contributed by atoms with E-state index in [2.05, 4.69) is 17.6 Å². The van der Waals surface area contributed by atoms with Gasteiger partial charge in [0.05, 0.1) is 12.2 Å². The molecule has 0 fully saturated rings. The fraction of sp³-hybridized carbons (Fsp3) is 0.417. The monoisotopic (exact) mass is 396 g/mol. The number of carbonyl (C=O) groups is 2. The quantitative estimate of drug-likeness (QED) is 0.556. The van der Waals surface area contributed by atoms with Gasteiger partial charge in [-0.25, -0.2) is 0 Å². The molecule has 0 radical (unpaired) electrons. The van der Waals surface area contributed by atoms with E-state index in [1.807, 2.05) is 39.0 Å². The maximum Gasteiger partial charge on any atom is 0.259 e. The van der Waals surface area contributed by atoms with Crippen LogP contribution in [0.1, 0.15) is 74.1 Å². The summed E-state index contributed by atoms with van der Waals surface area (Å²) in [7, 11) is 0. The molecular formula is C24H32N2O3. The van der Waals surface area contributed by atoms with Gasteiger partial charge in [0.15, 0.2) is 0 Å². The van der Waals surface area contributed by atoms with Crippen molar-refractivity contribution in [3.63, 3.8) is 0 Å². The van der Waals surface area contributed by atoms with Crippen molar-refractivity contribution < 1.29 is 14.3 Å². The number of rotatable bonds is 9. The van der Waals surface area contributed by atoms with Crippen molar-refractivity contribution in [1.29, 1.82) is 0 Å². The molecule has 0 saturated carbocycles. The van der Waals surface area contributed by atoms with Crippen molar-refractivity contribution in [3.05, 3.63) is 59.7 Å². The fourth-order valence-corrected chi connectivity index (χ4v) is 2.81. The third kappa shape index (κ3) is 7.60. The molecule has 0 bridgehead atoms. The first kappa shape index (κ1) is 22.5. The van der Waals surface area contributed by atoms with Crippen molar-refractivity contribution >= 4 is 17.5 Å². The molecule has 5 heteroatoms. The van der Waals surface area contributed by atoms with Crippen molar-refractivity contribution in [1.82, 2.24) is 5.32 Å². The summed E-state index contributed by atoms with van der Waals surface area (Å²) in [6, 6.07) is 14.1. The van der Waals surface area contributed by atoms with E-state index in [0.717, 1.165) is 12.8 Å². The van der Waals surface area contributed by atoms with E-state index in [9.17, 15) is 9.59 Å². The van der Waals surface area contributed by atoms with Gasteiger partial charge in [-0.15, -0.1) is 0 Å². The Hall–Kier alpha value is -2.82. The van der Waals surface area contributed by atoms with Gasteiger partial charge in [-0.05, 0) is 63.6 Å². The molecule has 0 saturated heterocycles. The number of para-hydroxylation sites is 1. The SMILES string of the molecule is CCCCCCOc1ccccc1C(=O)Nc1ccc(C(=O)NC(C)(C)C)cc1. The zero-order valence-corrected chi connectivity index (χ0v) is 17.9. The highest BCUT2D eigenvalue weighted by atomic mass is 16.5. The lowest BCUT2D eigenvalue weighted by Gasteiger charge is -2.20. The van der Waals surface area contributed by atoms with Gasteiger partial charge in [0.1, 0.15) is 5.75 Å². The molecule has 0 aliphatic carbocycles. The molecule has 2 N–H and O–H groups in total. The van der Waals surface area contributed by atoms with Crippen LogP contribution in [-0.2, 0) is 0 Å². The summed E-state index contributed by atoms with van der Waals surface area (Å²) in [5.41, 5.74) is 1.37. The van der Waals surface area contributed by atoms with E-state index in [1.54, 1.807) is 30.3 Å². The molecule has 5 nitrogen and oxygen atoms in total. The predicted octanol–water partition coefficient (Wildman–Crippen LogP) is 5.43. The Bertz CT molecular complexity index is 808. The van der Waals surface area contributed by atoms with Crippen molar-refractivity contribution in [2.75, 3.05) is 11.9 Å². The molecular weight excluding hydrogens is 364 g/mol. The summed E-state index contributed by atoms with van der Waals surface area (Å²) in [6.07, 6.45) is 4.47. The number of hydrogen-bond acceptors (Lipinski definition) is 3. The van der Waals surface area contributed by atoms with Gasteiger partial charge in [-0.3, -0.25) is 9.59 Å². The first-order valence-corrected chi connectivity index (χ1v) is 10.3. The molecule has 29 heavy (non-hydrogen) atoms. The minimum Gasteiger partial charge on any atom is -0.493 e. The molecule has 0 aliphatic rings. The smallest absolute Gasteiger partial charge is 0.259 e. The molecule has 0 aliphatic heterocycles. The molecule has 0 unspecified atom stereocenters. The maximum atomic E-state index is 12.7. The van der Waals surface area contributed by atoms with E-state index in [1.165, 1.54) is 12.8 Å². The average molecular weight is 397 g/mol. The van der Waals surface area contributed by atoms with E-state index in [4.69, 9.17) is 4.74 Å². The van der Waals surface area contributed by atoms with Crippen LogP contribution in [0.15, 0.2) is 48.5 Å².